The maximum atomic E-state index is 12.4. The highest BCUT2D eigenvalue weighted by molar-refractivity contribution is 7.88. The standard InChI is InChI=1S/C14H22N4O3S/c1-22(20,21)18-7-2-3-11(9-18)14(19)16-12-4-5-13-15-6-8-17(13)10-12/h6,8,11-12H,2-5,7,9-10H2,1H3,(H,16,19)/t11-,12-/m0/s1. The third-order valence-corrected chi connectivity index (χ3v) is 5.78. The zero-order valence-corrected chi connectivity index (χ0v) is 13.6. The molecule has 3 heterocycles. The van der Waals surface area contributed by atoms with Gasteiger partial charge in [-0.15, -0.1) is 0 Å². The van der Waals surface area contributed by atoms with Crippen molar-refractivity contribution in [2.75, 3.05) is 19.3 Å². The fraction of sp³-hybridized carbons (Fsp3) is 0.714. The Morgan fingerprint density at radius 1 is 1.36 bits per heavy atom. The van der Waals surface area contributed by atoms with Gasteiger partial charge in [0, 0.05) is 44.5 Å². The van der Waals surface area contributed by atoms with E-state index in [0.29, 0.717) is 13.1 Å². The topological polar surface area (TPSA) is 84.3 Å². The number of fused-ring (bicyclic) bond motifs is 1. The lowest BCUT2D eigenvalue weighted by Gasteiger charge is -2.32. The maximum absolute atomic E-state index is 12.4. The second-order valence-electron chi connectivity index (χ2n) is 6.20. The molecule has 3 rings (SSSR count). The summed E-state index contributed by atoms with van der Waals surface area (Å²) in [6.45, 7) is 1.56. The third kappa shape index (κ3) is 3.33. The van der Waals surface area contributed by atoms with Crippen molar-refractivity contribution in [1.29, 1.82) is 0 Å². The fourth-order valence-corrected chi connectivity index (χ4v) is 4.17. The average molecular weight is 326 g/mol. The normalized spacial score (nSPS) is 26.4. The van der Waals surface area contributed by atoms with E-state index in [2.05, 4.69) is 14.9 Å². The molecule has 0 saturated carbocycles. The Morgan fingerprint density at radius 3 is 2.95 bits per heavy atom. The van der Waals surface area contributed by atoms with Gasteiger partial charge in [0.1, 0.15) is 5.82 Å². The summed E-state index contributed by atoms with van der Waals surface area (Å²) < 4.78 is 26.8. The zero-order chi connectivity index (χ0) is 15.7. The molecule has 2 aliphatic rings. The summed E-state index contributed by atoms with van der Waals surface area (Å²) >= 11 is 0. The number of nitrogens with zero attached hydrogens (tertiary/aromatic N) is 3. The maximum Gasteiger partial charge on any atom is 0.224 e. The van der Waals surface area contributed by atoms with E-state index in [9.17, 15) is 13.2 Å². The molecule has 122 valence electrons. The molecule has 0 radical (unpaired) electrons. The highest BCUT2D eigenvalue weighted by Crippen LogP contribution is 2.20. The fourth-order valence-electron chi connectivity index (χ4n) is 3.26. The summed E-state index contributed by atoms with van der Waals surface area (Å²) in [7, 11) is -3.22. The van der Waals surface area contributed by atoms with Crippen LogP contribution in [0.25, 0.3) is 0 Å². The largest absolute Gasteiger partial charge is 0.351 e. The van der Waals surface area contributed by atoms with Crippen molar-refractivity contribution in [2.45, 2.75) is 38.3 Å². The molecule has 1 N–H and O–H groups in total. The van der Waals surface area contributed by atoms with Crippen LogP contribution in [-0.4, -0.2) is 53.6 Å². The second kappa shape index (κ2) is 6.00. The predicted octanol–water partition coefficient (Wildman–Crippen LogP) is -0.0143. The first kappa shape index (κ1) is 15.5. The molecule has 1 aromatic rings. The van der Waals surface area contributed by atoms with E-state index in [1.54, 1.807) is 6.20 Å². The van der Waals surface area contributed by atoms with Crippen LogP contribution < -0.4 is 5.32 Å². The number of hydrogen-bond acceptors (Lipinski definition) is 4. The minimum Gasteiger partial charge on any atom is -0.351 e. The van der Waals surface area contributed by atoms with Gasteiger partial charge in [-0.1, -0.05) is 0 Å². The van der Waals surface area contributed by atoms with Crippen LogP contribution in [0.15, 0.2) is 12.4 Å². The van der Waals surface area contributed by atoms with Crippen molar-refractivity contribution in [3.8, 4) is 0 Å². The van der Waals surface area contributed by atoms with E-state index in [-0.39, 0.29) is 17.9 Å². The minimum absolute atomic E-state index is 0.0260. The van der Waals surface area contributed by atoms with Crippen LogP contribution >= 0.6 is 0 Å². The number of aromatic nitrogens is 2. The van der Waals surface area contributed by atoms with Crippen LogP contribution in [0, 0.1) is 5.92 Å². The molecule has 0 unspecified atom stereocenters. The number of sulfonamides is 1. The van der Waals surface area contributed by atoms with Crippen molar-refractivity contribution in [2.24, 2.45) is 5.92 Å². The van der Waals surface area contributed by atoms with Gasteiger partial charge in [-0.2, -0.15) is 0 Å². The van der Waals surface area contributed by atoms with Gasteiger partial charge in [-0.3, -0.25) is 4.79 Å². The van der Waals surface area contributed by atoms with E-state index >= 15 is 0 Å². The molecule has 0 aromatic carbocycles. The molecule has 1 fully saturated rings. The van der Waals surface area contributed by atoms with Crippen LogP contribution in [0.4, 0.5) is 0 Å². The highest BCUT2D eigenvalue weighted by atomic mass is 32.2. The molecule has 0 bridgehead atoms. The number of carbonyl (C=O) groups excluding carboxylic acids is 1. The molecule has 22 heavy (non-hydrogen) atoms. The molecule has 8 heteroatoms. The van der Waals surface area contributed by atoms with Crippen molar-refractivity contribution in [3.63, 3.8) is 0 Å². The van der Waals surface area contributed by atoms with E-state index in [1.165, 1.54) is 10.6 Å². The molecule has 1 amide bonds. The quantitative estimate of drug-likeness (QED) is 0.846. The van der Waals surface area contributed by atoms with E-state index in [4.69, 9.17) is 0 Å². The van der Waals surface area contributed by atoms with Gasteiger partial charge in [-0.05, 0) is 19.3 Å². The lowest BCUT2D eigenvalue weighted by Crippen LogP contribution is -2.49. The Hall–Kier alpha value is -1.41. The minimum atomic E-state index is -3.22. The van der Waals surface area contributed by atoms with E-state index in [1.807, 2.05) is 6.20 Å². The number of imidazole rings is 1. The summed E-state index contributed by atoms with van der Waals surface area (Å²) in [6, 6.07) is 0.0998. The second-order valence-corrected chi connectivity index (χ2v) is 8.18. The third-order valence-electron chi connectivity index (χ3n) is 4.51. The smallest absolute Gasteiger partial charge is 0.224 e. The predicted molar refractivity (Wildman–Crippen MR) is 81.6 cm³/mol. The van der Waals surface area contributed by atoms with E-state index < -0.39 is 10.0 Å². The number of amides is 1. The average Bonchev–Trinajstić information content (AvgIpc) is 2.94. The van der Waals surface area contributed by atoms with Gasteiger partial charge in [-0.25, -0.2) is 17.7 Å². The molecule has 0 spiro atoms. The Labute approximate surface area is 130 Å². The summed E-state index contributed by atoms with van der Waals surface area (Å²) in [5.74, 6) is 0.793. The number of piperidine rings is 1. The molecular formula is C14H22N4O3S. The Morgan fingerprint density at radius 2 is 2.18 bits per heavy atom. The molecule has 7 nitrogen and oxygen atoms in total. The lowest BCUT2D eigenvalue weighted by molar-refractivity contribution is -0.127. The van der Waals surface area contributed by atoms with Crippen LogP contribution in [0.3, 0.4) is 0 Å². The Balaban J connectivity index is 1.58. The van der Waals surface area contributed by atoms with Gasteiger partial charge >= 0.3 is 0 Å². The van der Waals surface area contributed by atoms with Crippen LogP contribution in [0.1, 0.15) is 25.1 Å². The van der Waals surface area contributed by atoms with Crippen molar-refractivity contribution in [3.05, 3.63) is 18.2 Å². The van der Waals surface area contributed by atoms with Crippen LogP contribution in [0.5, 0.6) is 0 Å². The first-order chi connectivity index (χ1) is 10.4. The molecular weight excluding hydrogens is 304 g/mol. The first-order valence-electron chi connectivity index (χ1n) is 7.69. The van der Waals surface area contributed by atoms with Gasteiger partial charge in [0.15, 0.2) is 0 Å². The molecule has 1 saturated heterocycles. The lowest BCUT2D eigenvalue weighted by atomic mass is 9.97. The summed E-state index contributed by atoms with van der Waals surface area (Å²) in [6.07, 6.45) is 8.14. The summed E-state index contributed by atoms with van der Waals surface area (Å²) in [4.78, 5) is 16.7. The molecule has 0 aliphatic carbocycles. The number of aryl methyl sites for hydroxylation is 1. The van der Waals surface area contributed by atoms with Gasteiger partial charge in [0.05, 0.1) is 12.2 Å². The van der Waals surface area contributed by atoms with Gasteiger partial charge < -0.3 is 9.88 Å². The SMILES string of the molecule is CS(=O)(=O)N1CCC[C@H](C(=O)N[C@H]2CCc3nccn3C2)C1. The number of hydrogen-bond donors (Lipinski definition) is 1. The van der Waals surface area contributed by atoms with Crippen LogP contribution in [0.2, 0.25) is 0 Å². The summed E-state index contributed by atoms with van der Waals surface area (Å²) in [5.41, 5.74) is 0. The summed E-state index contributed by atoms with van der Waals surface area (Å²) in [5, 5.41) is 3.08. The number of nitrogens with one attached hydrogen (secondary N) is 1. The van der Waals surface area contributed by atoms with Crippen LogP contribution in [-0.2, 0) is 27.8 Å². The number of rotatable bonds is 3. The Bertz CT molecular complexity index is 655. The van der Waals surface area contributed by atoms with E-state index in [0.717, 1.165) is 38.1 Å². The van der Waals surface area contributed by atoms with Gasteiger partial charge in [0.2, 0.25) is 15.9 Å². The first-order valence-corrected chi connectivity index (χ1v) is 9.54. The molecule has 2 atom stereocenters. The van der Waals surface area contributed by atoms with Crippen molar-refractivity contribution >= 4 is 15.9 Å². The zero-order valence-electron chi connectivity index (χ0n) is 12.7. The number of carbonyl (C=O) groups is 1. The van der Waals surface area contributed by atoms with Crippen molar-refractivity contribution < 1.29 is 13.2 Å². The molecule has 2 aliphatic heterocycles. The monoisotopic (exact) mass is 326 g/mol. The Kier molecular flexibility index (Phi) is 4.22. The highest BCUT2D eigenvalue weighted by Gasteiger charge is 2.31. The van der Waals surface area contributed by atoms with Gasteiger partial charge in [0.25, 0.3) is 0 Å². The molecule has 1 aromatic heterocycles. The van der Waals surface area contributed by atoms with Crippen molar-refractivity contribution in [1.82, 2.24) is 19.2 Å².